The highest BCUT2D eigenvalue weighted by Crippen LogP contribution is 2.19. The second-order valence-corrected chi connectivity index (χ2v) is 5.55. The molecule has 1 aromatic rings. The van der Waals surface area contributed by atoms with Gasteiger partial charge in [-0.1, -0.05) is 22.9 Å². The highest BCUT2D eigenvalue weighted by molar-refractivity contribution is 9.10. The van der Waals surface area contributed by atoms with E-state index in [1.165, 1.54) is 0 Å². The fourth-order valence-corrected chi connectivity index (χ4v) is 2.29. The predicted molar refractivity (Wildman–Crippen MR) is 81.6 cm³/mol. The smallest absolute Gasteiger partial charge is 0.253 e. The van der Waals surface area contributed by atoms with Gasteiger partial charge in [-0.05, 0) is 31.5 Å². The SMILES string of the molecule is CCCNC(=O)C(C)NC(=O)c1ccc(Br)cc1S. The van der Waals surface area contributed by atoms with Gasteiger partial charge in [-0.3, -0.25) is 9.59 Å². The number of halogens is 1. The van der Waals surface area contributed by atoms with Crippen molar-refractivity contribution in [2.45, 2.75) is 31.2 Å². The second kappa shape index (κ2) is 7.55. The van der Waals surface area contributed by atoms with Crippen molar-refractivity contribution < 1.29 is 9.59 Å². The number of hydrogen-bond donors (Lipinski definition) is 3. The summed E-state index contributed by atoms with van der Waals surface area (Å²) in [6, 6.07) is 4.59. The zero-order valence-corrected chi connectivity index (χ0v) is 13.3. The summed E-state index contributed by atoms with van der Waals surface area (Å²) in [6.45, 7) is 4.23. The molecule has 2 amide bonds. The van der Waals surface area contributed by atoms with E-state index in [1.54, 1.807) is 25.1 Å². The molecular formula is C13H17BrN2O2S. The number of thiol groups is 1. The third-order valence-corrected chi connectivity index (χ3v) is 3.36. The molecule has 1 aromatic carbocycles. The number of carbonyl (C=O) groups is 2. The molecule has 1 unspecified atom stereocenters. The maximum atomic E-state index is 12.0. The van der Waals surface area contributed by atoms with Crippen LogP contribution in [0.15, 0.2) is 27.6 Å². The lowest BCUT2D eigenvalue weighted by Gasteiger charge is -2.14. The van der Waals surface area contributed by atoms with Gasteiger partial charge in [-0.15, -0.1) is 12.6 Å². The van der Waals surface area contributed by atoms with Gasteiger partial charge in [0.05, 0.1) is 5.56 Å². The average molecular weight is 345 g/mol. The minimum atomic E-state index is -0.574. The van der Waals surface area contributed by atoms with Crippen molar-refractivity contribution in [3.05, 3.63) is 28.2 Å². The second-order valence-electron chi connectivity index (χ2n) is 4.15. The van der Waals surface area contributed by atoms with Crippen molar-refractivity contribution in [3.8, 4) is 0 Å². The van der Waals surface area contributed by atoms with Crippen LogP contribution in [0.5, 0.6) is 0 Å². The van der Waals surface area contributed by atoms with Crippen molar-refractivity contribution in [2.24, 2.45) is 0 Å². The van der Waals surface area contributed by atoms with Crippen LogP contribution in [-0.4, -0.2) is 24.4 Å². The molecular weight excluding hydrogens is 328 g/mol. The minimum absolute atomic E-state index is 0.187. The number of amides is 2. The van der Waals surface area contributed by atoms with Crippen LogP contribution in [0.25, 0.3) is 0 Å². The number of hydrogen-bond acceptors (Lipinski definition) is 3. The Kier molecular flexibility index (Phi) is 6.37. The molecule has 1 atom stereocenters. The monoisotopic (exact) mass is 344 g/mol. The topological polar surface area (TPSA) is 58.2 Å². The summed E-state index contributed by atoms with van der Waals surface area (Å²) in [5.74, 6) is -0.496. The number of nitrogens with one attached hydrogen (secondary N) is 2. The Morgan fingerprint density at radius 3 is 2.68 bits per heavy atom. The maximum absolute atomic E-state index is 12.0. The van der Waals surface area contributed by atoms with E-state index in [-0.39, 0.29) is 11.8 Å². The van der Waals surface area contributed by atoms with Gasteiger partial charge in [0.15, 0.2) is 0 Å². The summed E-state index contributed by atoms with van der Waals surface area (Å²) in [5, 5.41) is 5.38. The maximum Gasteiger partial charge on any atom is 0.253 e. The highest BCUT2D eigenvalue weighted by Gasteiger charge is 2.17. The summed E-state index contributed by atoms with van der Waals surface area (Å²) < 4.78 is 0.850. The Balaban J connectivity index is 2.66. The highest BCUT2D eigenvalue weighted by atomic mass is 79.9. The normalized spacial score (nSPS) is 11.8. The molecule has 4 nitrogen and oxygen atoms in total. The minimum Gasteiger partial charge on any atom is -0.354 e. The van der Waals surface area contributed by atoms with Gasteiger partial charge < -0.3 is 10.6 Å². The Hall–Kier alpha value is -1.01. The molecule has 0 saturated carbocycles. The van der Waals surface area contributed by atoms with Gasteiger partial charge in [0.1, 0.15) is 6.04 Å². The fraction of sp³-hybridized carbons (Fsp3) is 0.385. The number of rotatable bonds is 5. The Bertz CT molecular complexity index is 480. The van der Waals surface area contributed by atoms with Gasteiger partial charge >= 0.3 is 0 Å². The van der Waals surface area contributed by atoms with Crippen LogP contribution in [0.2, 0.25) is 0 Å². The molecule has 1 rings (SSSR count). The van der Waals surface area contributed by atoms with Gasteiger partial charge in [0.25, 0.3) is 5.91 Å². The van der Waals surface area contributed by atoms with Crippen LogP contribution in [0.4, 0.5) is 0 Å². The van der Waals surface area contributed by atoms with Crippen molar-refractivity contribution in [1.82, 2.24) is 10.6 Å². The summed E-state index contributed by atoms with van der Waals surface area (Å²) in [7, 11) is 0. The zero-order chi connectivity index (χ0) is 14.4. The molecule has 19 heavy (non-hydrogen) atoms. The lowest BCUT2D eigenvalue weighted by molar-refractivity contribution is -0.122. The van der Waals surface area contributed by atoms with Crippen LogP contribution in [-0.2, 0) is 4.79 Å². The standard InChI is InChI=1S/C13H17BrN2O2S/c1-3-6-15-12(17)8(2)16-13(18)10-5-4-9(14)7-11(10)19/h4-5,7-8,19H,3,6H2,1-2H3,(H,15,17)(H,16,18). The van der Waals surface area contributed by atoms with Crippen LogP contribution in [0.1, 0.15) is 30.6 Å². The zero-order valence-electron chi connectivity index (χ0n) is 10.9. The Labute approximate surface area is 126 Å². The first-order chi connectivity index (χ1) is 8.95. The summed E-state index contributed by atoms with van der Waals surface area (Å²) >= 11 is 7.55. The molecule has 0 aliphatic heterocycles. The third-order valence-electron chi connectivity index (χ3n) is 2.49. The molecule has 6 heteroatoms. The molecule has 0 saturated heterocycles. The molecule has 0 aliphatic rings. The first-order valence-electron chi connectivity index (χ1n) is 6.02. The Morgan fingerprint density at radius 1 is 1.42 bits per heavy atom. The van der Waals surface area contributed by atoms with Crippen molar-refractivity contribution >= 4 is 40.4 Å². The molecule has 0 radical (unpaired) electrons. The van der Waals surface area contributed by atoms with E-state index < -0.39 is 6.04 Å². The number of benzene rings is 1. The average Bonchev–Trinajstić information content (AvgIpc) is 2.35. The lowest BCUT2D eigenvalue weighted by Crippen LogP contribution is -2.45. The molecule has 0 bridgehead atoms. The van der Waals surface area contributed by atoms with Crippen molar-refractivity contribution in [2.75, 3.05) is 6.54 Å². The summed E-state index contributed by atoms with van der Waals surface area (Å²) in [4.78, 5) is 24.2. The van der Waals surface area contributed by atoms with Crippen molar-refractivity contribution in [3.63, 3.8) is 0 Å². The van der Waals surface area contributed by atoms with E-state index in [1.807, 2.05) is 6.92 Å². The third kappa shape index (κ3) is 4.87. The van der Waals surface area contributed by atoms with Crippen LogP contribution < -0.4 is 10.6 Å². The van der Waals surface area contributed by atoms with E-state index in [9.17, 15) is 9.59 Å². The van der Waals surface area contributed by atoms with Crippen LogP contribution in [0, 0.1) is 0 Å². The van der Waals surface area contributed by atoms with Gasteiger partial charge in [0, 0.05) is 15.9 Å². The van der Waals surface area contributed by atoms with E-state index in [2.05, 4.69) is 39.2 Å². The lowest BCUT2D eigenvalue weighted by atomic mass is 10.2. The quantitative estimate of drug-likeness (QED) is 0.718. The van der Waals surface area contributed by atoms with Gasteiger partial charge in [-0.25, -0.2) is 0 Å². The Morgan fingerprint density at radius 2 is 2.11 bits per heavy atom. The molecule has 0 heterocycles. The molecule has 0 fully saturated rings. The molecule has 104 valence electrons. The predicted octanol–water partition coefficient (Wildman–Crippen LogP) is 2.38. The summed E-state index contributed by atoms with van der Waals surface area (Å²) in [5.41, 5.74) is 0.446. The first-order valence-corrected chi connectivity index (χ1v) is 7.26. The fourth-order valence-electron chi connectivity index (χ4n) is 1.44. The summed E-state index contributed by atoms with van der Waals surface area (Å²) in [6.07, 6.45) is 0.861. The van der Waals surface area contributed by atoms with E-state index in [4.69, 9.17) is 0 Å². The molecule has 0 aromatic heterocycles. The van der Waals surface area contributed by atoms with Gasteiger partial charge in [0.2, 0.25) is 5.91 Å². The van der Waals surface area contributed by atoms with Crippen molar-refractivity contribution in [1.29, 1.82) is 0 Å². The van der Waals surface area contributed by atoms with E-state index in [0.29, 0.717) is 17.0 Å². The van der Waals surface area contributed by atoms with Crippen LogP contribution >= 0.6 is 28.6 Å². The first kappa shape index (κ1) is 16.0. The largest absolute Gasteiger partial charge is 0.354 e. The van der Waals surface area contributed by atoms with Gasteiger partial charge in [-0.2, -0.15) is 0 Å². The number of carbonyl (C=O) groups excluding carboxylic acids is 2. The van der Waals surface area contributed by atoms with Crippen LogP contribution in [0.3, 0.4) is 0 Å². The van der Waals surface area contributed by atoms with E-state index in [0.717, 1.165) is 10.9 Å². The molecule has 0 aliphatic carbocycles. The van der Waals surface area contributed by atoms with E-state index >= 15 is 0 Å². The molecule has 0 spiro atoms. The molecule has 2 N–H and O–H groups in total.